The van der Waals surface area contributed by atoms with Crippen molar-refractivity contribution < 1.29 is 4.74 Å². The first kappa shape index (κ1) is 15.7. The maximum Gasteiger partial charge on any atom is 0.0657 e. The number of ether oxygens (including phenoxy) is 1. The lowest BCUT2D eigenvalue weighted by molar-refractivity contribution is 0.161. The quantitative estimate of drug-likeness (QED) is 0.791. The molecular formula is C19H25NO. The molecule has 2 aromatic rings. The van der Waals surface area contributed by atoms with Crippen molar-refractivity contribution in [1.82, 2.24) is 5.32 Å². The fraction of sp³-hybridized carbons (Fsp3) is 0.368. The Morgan fingerprint density at radius 3 is 2.19 bits per heavy atom. The average Bonchev–Trinajstić information content (AvgIpc) is 2.54. The van der Waals surface area contributed by atoms with E-state index < -0.39 is 0 Å². The largest absolute Gasteiger partial charge is 0.383 e. The summed E-state index contributed by atoms with van der Waals surface area (Å²) in [5, 5.41) is 3.68. The van der Waals surface area contributed by atoms with Crippen molar-refractivity contribution in [2.75, 3.05) is 13.7 Å². The molecule has 1 N–H and O–H groups in total. The summed E-state index contributed by atoms with van der Waals surface area (Å²) < 4.78 is 5.36. The smallest absolute Gasteiger partial charge is 0.0657 e. The summed E-state index contributed by atoms with van der Waals surface area (Å²) >= 11 is 0. The van der Waals surface area contributed by atoms with Crippen LogP contribution in [0.2, 0.25) is 0 Å². The highest BCUT2D eigenvalue weighted by atomic mass is 16.5. The van der Waals surface area contributed by atoms with Crippen molar-refractivity contribution in [3.8, 4) is 0 Å². The van der Waals surface area contributed by atoms with Crippen LogP contribution in [-0.2, 0) is 11.2 Å². The molecule has 2 heteroatoms. The number of nitrogens with one attached hydrogen (secondary N) is 1. The number of rotatable bonds is 8. The predicted molar refractivity (Wildman–Crippen MR) is 88.4 cm³/mol. The molecule has 0 bridgehead atoms. The van der Waals surface area contributed by atoms with Gasteiger partial charge in [-0.3, -0.25) is 0 Å². The Hall–Kier alpha value is -1.64. The van der Waals surface area contributed by atoms with Crippen molar-refractivity contribution >= 4 is 0 Å². The van der Waals surface area contributed by atoms with E-state index in [0.717, 1.165) is 12.8 Å². The molecule has 2 rings (SSSR count). The highest BCUT2D eigenvalue weighted by Crippen LogP contribution is 2.15. The molecule has 0 aliphatic rings. The molecule has 0 radical (unpaired) electrons. The van der Waals surface area contributed by atoms with Crippen molar-refractivity contribution in [3.05, 3.63) is 71.8 Å². The first-order chi connectivity index (χ1) is 10.3. The molecular weight excluding hydrogens is 258 g/mol. The molecule has 0 fully saturated rings. The molecule has 2 unspecified atom stereocenters. The number of hydrogen-bond donors (Lipinski definition) is 1. The third-order valence-electron chi connectivity index (χ3n) is 3.73. The van der Waals surface area contributed by atoms with Gasteiger partial charge in [0.25, 0.3) is 0 Å². The lowest BCUT2D eigenvalue weighted by Crippen LogP contribution is -2.33. The Morgan fingerprint density at radius 2 is 1.57 bits per heavy atom. The van der Waals surface area contributed by atoms with Gasteiger partial charge in [-0.2, -0.15) is 0 Å². The predicted octanol–water partition coefficient (Wildman–Crippen LogP) is 3.99. The first-order valence-electron chi connectivity index (χ1n) is 7.63. The van der Waals surface area contributed by atoms with Crippen LogP contribution in [0.15, 0.2) is 60.7 Å². The maximum absolute atomic E-state index is 5.36. The van der Waals surface area contributed by atoms with Crippen LogP contribution >= 0.6 is 0 Å². The molecule has 0 heterocycles. The lowest BCUT2D eigenvalue weighted by atomic mass is 10.0. The van der Waals surface area contributed by atoms with Crippen LogP contribution in [0.4, 0.5) is 0 Å². The van der Waals surface area contributed by atoms with Gasteiger partial charge in [0, 0.05) is 13.2 Å². The molecule has 112 valence electrons. The molecule has 2 atom stereocenters. The SMILES string of the molecule is COCC(NC(C)CCc1ccccc1)c1ccccc1. The van der Waals surface area contributed by atoms with Crippen LogP contribution in [0.25, 0.3) is 0 Å². The third kappa shape index (κ3) is 5.33. The molecule has 21 heavy (non-hydrogen) atoms. The number of methoxy groups -OCH3 is 1. The van der Waals surface area contributed by atoms with E-state index in [9.17, 15) is 0 Å². The second-order valence-electron chi connectivity index (χ2n) is 5.51. The summed E-state index contributed by atoms with van der Waals surface area (Å²) in [4.78, 5) is 0. The molecule has 0 aliphatic carbocycles. The Bertz CT molecular complexity index is 497. The molecule has 0 amide bonds. The van der Waals surface area contributed by atoms with E-state index in [2.05, 4.69) is 66.8 Å². The zero-order chi connectivity index (χ0) is 14.9. The second kappa shape index (κ2) is 8.60. The van der Waals surface area contributed by atoms with Crippen LogP contribution in [0.5, 0.6) is 0 Å². The molecule has 0 spiro atoms. The van der Waals surface area contributed by atoms with Gasteiger partial charge in [0.2, 0.25) is 0 Å². The monoisotopic (exact) mass is 283 g/mol. The third-order valence-corrected chi connectivity index (χ3v) is 3.73. The van der Waals surface area contributed by atoms with Crippen molar-refractivity contribution in [1.29, 1.82) is 0 Å². The molecule has 0 saturated heterocycles. The summed E-state index contributed by atoms with van der Waals surface area (Å²) in [6.45, 7) is 2.94. The zero-order valence-electron chi connectivity index (χ0n) is 13.0. The summed E-state index contributed by atoms with van der Waals surface area (Å²) in [6.07, 6.45) is 2.22. The number of aryl methyl sites for hydroxylation is 1. The Balaban J connectivity index is 1.88. The van der Waals surface area contributed by atoms with Gasteiger partial charge in [0.15, 0.2) is 0 Å². The van der Waals surface area contributed by atoms with Crippen LogP contribution in [0.1, 0.15) is 30.5 Å². The van der Waals surface area contributed by atoms with E-state index in [1.165, 1.54) is 11.1 Å². The van der Waals surface area contributed by atoms with E-state index in [4.69, 9.17) is 4.74 Å². The van der Waals surface area contributed by atoms with Gasteiger partial charge in [-0.1, -0.05) is 60.7 Å². The maximum atomic E-state index is 5.36. The minimum absolute atomic E-state index is 0.252. The van der Waals surface area contributed by atoms with E-state index in [1.54, 1.807) is 7.11 Å². The van der Waals surface area contributed by atoms with E-state index in [1.807, 2.05) is 6.07 Å². The molecule has 2 aromatic carbocycles. The van der Waals surface area contributed by atoms with Gasteiger partial charge in [-0.05, 0) is 30.9 Å². The van der Waals surface area contributed by atoms with Gasteiger partial charge in [0.05, 0.1) is 12.6 Å². The number of hydrogen-bond acceptors (Lipinski definition) is 2. The minimum Gasteiger partial charge on any atom is -0.383 e. The van der Waals surface area contributed by atoms with Gasteiger partial charge >= 0.3 is 0 Å². The van der Waals surface area contributed by atoms with Crippen molar-refractivity contribution in [3.63, 3.8) is 0 Å². The Kier molecular flexibility index (Phi) is 6.45. The Labute approximate surface area is 128 Å². The minimum atomic E-state index is 0.252. The highest BCUT2D eigenvalue weighted by molar-refractivity contribution is 5.19. The van der Waals surface area contributed by atoms with E-state index in [0.29, 0.717) is 12.6 Å². The normalized spacial score (nSPS) is 13.8. The van der Waals surface area contributed by atoms with E-state index in [-0.39, 0.29) is 6.04 Å². The van der Waals surface area contributed by atoms with E-state index >= 15 is 0 Å². The van der Waals surface area contributed by atoms with Gasteiger partial charge in [0.1, 0.15) is 0 Å². The molecule has 0 aliphatic heterocycles. The average molecular weight is 283 g/mol. The first-order valence-corrected chi connectivity index (χ1v) is 7.63. The summed E-state index contributed by atoms with van der Waals surface area (Å²) in [6, 6.07) is 21.9. The van der Waals surface area contributed by atoms with Crippen molar-refractivity contribution in [2.45, 2.75) is 31.8 Å². The van der Waals surface area contributed by atoms with Crippen LogP contribution in [-0.4, -0.2) is 19.8 Å². The van der Waals surface area contributed by atoms with Crippen LogP contribution in [0, 0.1) is 0 Å². The van der Waals surface area contributed by atoms with Crippen molar-refractivity contribution in [2.24, 2.45) is 0 Å². The van der Waals surface area contributed by atoms with Gasteiger partial charge < -0.3 is 10.1 Å². The van der Waals surface area contributed by atoms with Gasteiger partial charge in [-0.15, -0.1) is 0 Å². The Morgan fingerprint density at radius 1 is 0.952 bits per heavy atom. The summed E-state index contributed by atoms with van der Waals surface area (Å²) in [7, 11) is 1.76. The molecule has 2 nitrogen and oxygen atoms in total. The highest BCUT2D eigenvalue weighted by Gasteiger charge is 2.13. The standard InChI is InChI=1S/C19H25NO/c1-16(13-14-17-9-5-3-6-10-17)20-19(15-21-2)18-11-7-4-8-12-18/h3-12,16,19-20H,13-15H2,1-2H3. The summed E-state index contributed by atoms with van der Waals surface area (Å²) in [5.41, 5.74) is 2.68. The van der Waals surface area contributed by atoms with Crippen LogP contribution < -0.4 is 5.32 Å². The van der Waals surface area contributed by atoms with Crippen LogP contribution in [0.3, 0.4) is 0 Å². The molecule has 0 aromatic heterocycles. The lowest BCUT2D eigenvalue weighted by Gasteiger charge is -2.23. The fourth-order valence-corrected chi connectivity index (χ4v) is 2.55. The summed E-state index contributed by atoms with van der Waals surface area (Å²) in [5.74, 6) is 0. The second-order valence-corrected chi connectivity index (χ2v) is 5.51. The van der Waals surface area contributed by atoms with Gasteiger partial charge in [-0.25, -0.2) is 0 Å². The molecule has 0 saturated carbocycles. The fourth-order valence-electron chi connectivity index (χ4n) is 2.55. The number of benzene rings is 2. The zero-order valence-corrected chi connectivity index (χ0v) is 13.0. The topological polar surface area (TPSA) is 21.3 Å².